The van der Waals surface area contributed by atoms with Crippen molar-refractivity contribution in [1.82, 2.24) is 4.98 Å². The van der Waals surface area contributed by atoms with Gasteiger partial charge < -0.3 is 5.32 Å². The fourth-order valence-corrected chi connectivity index (χ4v) is 1.91. The van der Waals surface area contributed by atoms with Gasteiger partial charge in [0.05, 0.1) is 0 Å². The molecule has 1 heterocycles. The van der Waals surface area contributed by atoms with Crippen LogP contribution in [0.5, 0.6) is 0 Å². The highest BCUT2D eigenvalue weighted by molar-refractivity contribution is 5.67. The second kappa shape index (κ2) is 7.82. The number of rotatable bonds is 2. The molecular formula is C19H28N2. The number of nitrogens with zero attached hydrogens (tertiary/aromatic N) is 1. The van der Waals surface area contributed by atoms with Gasteiger partial charge >= 0.3 is 0 Å². The third-order valence-electron chi connectivity index (χ3n) is 3.08. The lowest BCUT2D eigenvalue weighted by Gasteiger charge is -2.19. The summed E-state index contributed by atoms with van der Waals surface area (Å²) >= 11 is 0. The molecule has 1 N–H and O–H groups in total. The third-order valence-corrected chi connectivity index (χ3v) is 3.08. The number of anilines is 1. The van der Waals surface area contributed by atoms with Gasteiger partial charge in [0, 0.05) is 13.2 Å². The van der Waals surface area contributed by atoms with Crippen molar-refractivity contribution in [2.75, 3.05) is 12.4 Å². The topological polar surface area (TPSA) is 24.9 Å². The van der Waals surface area contributed by atoms with E-state index in [-0.39, 0.29) is 5.41 Å². The molecule has 0 saturated heterocycles. The molecule has 114 valence electrons. The van der Waals surface area contributed by atoms with Crippen molar-refractivity contribution in [3.05, 3.63) is 48.2 Å². The van der Waals surface area contributed by atoms with E-state index in [0.717, 1.165) is 5.82 Å². The average molecular weight is 284 g/mol. The molecule has 0 radical (unpaired) electrons. The molecule has 21 heavy (non-hydrogen) atoms. The van der Waals surface area contributed by atoms with Crippen LogP contribution >= 0.6 is 0 Å². The highest BCUT2D eigenvalue weighted by atomic mass is 14.9. The summed E-state index contributed by atoms with van der Waals surface area (Å²) in [5.74, 6) is 0.897. The Kier molecular flexibility index (Phi) is 6.41. The Hall–Kier alpha value is -1.83. The van der Waals surface area contributed by atoms with Gasteiger partial charge in [-0.3, -0.25) is 0 Å². The molecule has 2 heteroatoms. The lowest BCUT2D eigenvalue weighted by molar-refractivity contribution is 0.590. The summed E-state index contributed by atoms with van der Waals surface area (Å²) in [5.41, 5.74) is 3.96. The molecule has 0 saturated carbocycles. The Bertz CT molecular complexity index is 553. The van der Waals surface area contributed by atoms with Crippen LogP contribution < -0.4 is 5.32 Å². The minimum Gasteiger partial charge on any atom is -0.373 e. The van der Waals surface area contributed by atoms with E-state index in [0.29, 0.717) is 0 Å². The van der Waals surface area contributed by atoms with Crippen molar-refractivity contribution >= 4 is 5.82 Å². The molecule has 0 aliphatic heterocycles. The first-order valence-electron chi connectivity index (χ1n) is 7.67. The molecule has 0 unspecified atom stereocenters. The first-order valence-corrected chi connectivity index (χ1v) is 7.67. The van der Waals surface area contributed by atoms with Crippen LogP contribution in [0, 0.1) is 0 Å². The quantitative estimate of drug-likeness (QED) is 0.787. The van der Waals surface area contributed by atoms with E-state index >= 15 is 0 Å². The monoisotopic (exact) mass is 284 g/mol. The van der Waals surface area contributed by atoms with Gasteiger partial charge in [0.1, 0.15) is 5.82 Å². The largest absolute Gasteiger partial charge is 0.373 e. The summed E-state index contributed by atoms with van der Waals surface area (Å²) in [4.78, 5) is 4.24. The van der Waals surface area contributed by atoms with Crippen LogP contribution in [0.4, 0.5) is 5.82 Å². The number of hydrogen-bond donors (Lipinski definition) is 1. The Morgan fingerprint density at radius 3 is 2.19 bits per heavy atom. The van der Waals surface area contributed by atoms with Gasteiger partial charge in [-0.15, -0.1) is 0 Å². The molecule has 1 aromatic heterocycles. The van der Waals surface area contributed by atoms with Crippen molar-refractivity contribution < 1.29 is 0 Å². The van der Waals surface area contributed by atoms with Crippen molar-refractivity contribution in [1.29, 1.82) is 0 Å². The predicted molar refractivity (Wildman–Crippen MR) is 93.9 cm³/mol. The smallest absolute Gasteiger partial charge is 0.126 e. The SMILES string of the molecule is CCC.CNc1cc(-c2cccc(C(C)(C)C)c2)ccn1. The number of pyridine rings is 1. The van der Waals surface area contributed by atoms with Crippen LogP contribution in [0.2, 0.25) is 0 Å². The van der Waals surface area contributed by atoms with E-state index in [1.165, 1.54) is 23.1 Å². The van der Waals surface area contributed by atoms with Crippen molar-refractivity contribution in [2.45, 2.75) is 46.5 Å². The molecule has 0 aliphatic rings. The highest BCUT2D eigenvalue weighted by Gasteiger charge is 2.13. The van der Waals surface area contributed by atoms with Crippen LogP contribution in [0.3, 0.4) is 0 Å². The molecule has 2 nitrogen and oxygen atoms in total. The Labute approximate surface area is 129 Å². The predicted octanol–water partition coefficient (Wildman–Crippen LogP) is 5.50. The fraction of sp³-hybridized carbons (Fsp3) is 0.421. The van der Waals surface area contributed by atoms with Gasteiger partial charge in [-0.05, 0) is 34.2 Å². The van der Waals surface area contributed by atoms with Crippen molar-refractivity contribution in [3.8, 4) is 11.1 Å². The summed E-state index contributed by atoms with van der Waals surface area (Å²) in [5, 5.41) is 3.07. The maximum atomic E-state index is 4.24. The van der Waals surface area contributed by atoms with E-state index in [9.17, 15) is 0 Å². The molecular weight excluding hydrogens is 256 g/mol. The number of nitrogens with one attached hydrogen (secondary N) is 1. The van der Waals surface area contributed by atoms with Crippen LogP contribution in [0.25, 0.3) is 11.1 Å². The van der Waals surface area contributed by atoms with Gasteiger partial charge in [-0.2, -0.15) is 0 Å². The summed E-state index contributed by atoms with van der Waals surface area (Å²) < 4.78 is 0. The molecule has 2 aromatic rings. The molecule has 0 bridgehead atoms. The van der Waals surface area contributed by atoms with E-state index in [2.05, 4.69) is 75.3 Å². The summed E-state index contributed by atoms with van der Waals surface area (Å²) in [6.45, 7) is 11.0. The molecule has 0 fully saturated rings. The summed E-state index contributed by atoms with van der Waals surface area (Å²) in [6.07, 6.45) is 3.09. The summed E-state index contributed by atoms with van der Waals surface area (Å²) in [6, 6.07) is 12.8. The van der Waals surface area contributed by atoms with E-state index in [1.807, 2.05) is 19.3 Å². The highest BCUT2D eigenvalue weighted by Crippen LogP contribution is 2.28. The first-order chi connectivity index (χ1) is 9.92. The molecule has 0 spiro atoms. The Morgan fingerprint density at radius 2 is 1.62 bits per heavy atom. The Morgan fingerprint density at radius 1 is 1.00 bits per heavy atom. The number of benzene rings is 1. The second-order valence-electron chi connectivity index (χ2n) is 6.22. The molecule has 0 amide bonds. The van der Waals surface area contributed by atoms with Gasteiger partial charge in [0.25, 0.3) is 0 Å². The zero-order valence-electron chi connectivity index (χ0n) is 14.2. The first kappa shape index (κ1) is 17.2. The number of hydrogen-bond acceptors (Lipinski definition) is 2. The standard InChI is InChI=1S/C16H20N2.C3H8/c1-16(2,3)14-7-5-6-12(10-14)13-8-9-18-15(11-13)17-4;1-3-2/h5-11H,1-4H3,(H,17,18);3H2,1-2H3. The lowest BCUT2D eigenvalue weighted by Crippen LogP contribution is -2.10. The average Bonchev–Trinajstić information content (AvgIpc) is 2.47. The van der Waals surface area contributed by atoms with Gasteiger partial charge in [-0.25, -0.2) is 4.98 Å². The molecule has 1 aromatic carbocycles. The van der Waals surface area contributed by atoms with Crippen molar-refractivity contribution in [2.24, 2.45) is 0 Å². The maximum Gasteiger partial charge on any atom is 0.126 e. The maximum absolute atomic E-state index is 4.24. The molecule has 0 atom stereocenters. The second-order valence-corrected chi connectivity index (χ2v) is 6.22. The number of aromatic nitrogens is 1. The van der Waals surface area contributed by atoms with Crippen LogP contribution in [0.1, 0.15) is 46.6 Å². The normalized spacial score (nSPS) is 10.6. The van der Waals surface area contributed by atoms with Crippen LogP contribution in [0.15, 0.2) is 42.6 Å². The minimum absolute atomic E-state index is 0.175. The zero-order valence-corrected chi connectivity index (χ0v) is 14.2. The van der Waals surface area contributed by atoms with E-state index in [4.69, 9.17) is 0 Å². The minimum atomic E-state index is 0.175. The molecule has 0 aliphatic carbocycles. The third kappa shape index (κ3) is 5.22. The zero-order chi connectivity index (χ0) is 15.9. The Balaban J connectivity index is 0.000000677. The van der Waals surface area contributed by atoms with Gasteiger partial charge in [0.15, 0.2) is 0 Å². The molecule has 2 rings (SSSR count). The van der Waals surface area contributed by atoms with E-state index < -0.39 is 0 Å². The summed E-state index contributed by atoms with van der Waals surface area (Å²) in [7, 11) is 1.89. The lowest BCUT2D eigenvalue weighted by atomic mass is 9.85. The van der Waals surface area contributed by atoms with Crippen molar-refractivity contribution in [3.63, 3.8) is 0 Å². The van der Waals surface area contributed by atoms with E-state index in [1.54, 1.807) is 0 Å². The van der Waals surface area contributed by atoms with Gasteiger partial charge in [-0.1, -0.05) is 65.3 Å². The van der Waals surface area contributed by atoms with Crippen LogP contribution in [-0.2, 0) is 5.41 Å². The van der Waals surface area contributed by atoms with Crippen LogP contribution in [-0.4, -0.2) is 12.0 Å². The van der Waals surface area contributed by atoms with Gasteiger partial charge in [0.2, 0.25) is 0 Å². The fourth-order valence-electron chi connectivity index (χ4n) is 1.91.